The summed E-state index contributed by atoms with van der Waals surface area (Å²) in [6.07, 6.45) is 6.60. The van der Waals surface area contributed by atoms with Crippen LogP contribution in [0.4, 0.5) is 0 Å². The van der Waals surface area contributed by atoms with Crippen LogP contribution in [0.2, 0.25) is 0 Å². The highest BCUT2D eigenvalue weighted by Gasteiger charge is 2.18. The molecule has 1 aromatic rings. The van der Waals surface area contributed by atoms with E-state index in [2.05, 4.69) is 26.8 Å². The van der Waals surface area contributed by atoms with Crippen LogP contribution in [0, 0.1) is 5.92 Å². The van der Waals surface area contributed by atoms with Gasteiger partial charge in [0.15, 0.2) is 0 Å². The van der Waals surface area contributed by atoms with E-state index >= 15 is 0 Å². The average molecular weight is 222 g/mol. The van der Waals surface area contributed by atoms with E-state index in [0.29, 0.717) is 0 Å². The van der Waals surface area contributed by atoms with Crippen LogP contribution < -0.4 is 5.32 Å². The number of hydrogen-bond donors (Lipinski definition) is 1. The van der Waals surface area contributed by atoms with Crippen LogP contribution in [0.1, 0.15) is 18.5 Å². The summed E-state index contributed by atoms with van der Waals surface area (Å²) >= 11 is 0. The van der Waals surface area contributed by atoms with Crippen LogP contribution in [0.15, 0.2) is 12.5 Å². The highest BCUT2D eigenvalue weighted by Crippen LogP contribution is 2.17. The zero-order valence-electron chi connectivity index (χ0n) is 10.3. The largest absolute Gasteiger partial charge is 0.333 e. The van der Waals surface area contributed by atoms with Crippen molar-refractivity contribution in [2.24, 2.45) is 5.92 Å². The topological polar surface area (TPSA) is 33.1 Å². The summed E-state index contributed by atoms with van der Waals surface area (Å²) in [5.74, 6) is 0.781. The van der Waals surface area contributed by atoms with Crippen molar-refractivity contribution in [3.05, 3.63) is 18.2 Å². The fraction of sp³-hybridized carbons (Fsp3) is 0.750. The predicted molar refractivity (Wildman–Crippen MR) is 65.2 cm³/mol. The van der Waals surface area contributed by atoms with E-state index in [1.807, 2.05) is 19.6 Å². The highest BCUT2D eigenvalue weighted by atomic mass is 15.1. The van der Waals surface area contributed by atoms with Gasteiger partial charge in [0.05, 0.1) is 12.0 Å². The molecule has 2 rings (SSSR count). The van der Waals surface area contributed by atoms with Gasteiger partial charge in [0, 0.05) is 25.8 Å². The van der Waals surface area contributed by atoms with E-state index in [1.165, 1.54) is 31.6 Å². The smallest absolute Gasteiger partial charge is 0.0948 e. The van der Waals surface area contributed by atoms with Crippen LogP contribution in [-0.4, -0.2) is 41.6 Å². The third kappa shape index (κ3) is 2.83. The SMILES string of the molecule is CNCc1cncn1CC1CCCN(C)C1. The molecule has 0 aromatic carbocycles. The highest BCUT2D eigenvalue weighted by molar-refractivity contribution is 4.98. The molecule has 4 nitrogen and oxygen atoms in total. The van der Waals surface area contributed by atoms with Crippen molar-refractivity contribution in [2.75, 3.05) is 27.2 Å². The molecule has 0 amide bonds. The number of aromatic nitrogens is 2. The number of piperidine rings is 1. The molecule has 2 heterocycles. The number of hydrogen-bond acceptors (Lipinski definition) is 3. The number of nitrogens with one attached hydrogen (secondary N) is 1. The molecular weight excluding hydrogens is 200 g/mol. The number of nitrogens with zero attached hydrogens (tertiary/aromatic N) is 3. The molecule has 1 aliphatic heterocycles. The van der Waals surface area contributed by atoms with Gasteiger partial charge in [-0.25, -0.2) is 4.98 Å². The molecule has 16 heavy (non-hydrogen) atoms. The molecule has 0 aliphatic carbocycles. The van der Waals surface area contributed by atoms with E-state index in [-0.39, 0.29) is 0 Å². The average Bonchev–Trinajstić information content (AvgIpc) is 2.66. The van der Waals surface area contributed by atoms with Gasteiger partial charge in [-0.1, -0.05) is 0 Å². The quantitative estimate of drug-likeness (QED) is 0.823. The fourth-order valence-electron chi connectivity index (χ4n) is 2.54. The third-order valence-electron chi connectivity index (χ3n) is 3.33. The summed E-state index contributed by atoms with van der Waals surface area (Å²) in [4.78, 5) is 6.67. The van der Waals surface area contributed by atoms with Gasteiger partial charge < -0.3 is 14.8 Å². The molecule has 1 saturated heterocycles. The minimum Gasteiger partial charge on any atom is -0.333 e. The van der Waals surface area contributed by atoms with Crippen molar-refractivity contribution in [3.8, 4) is 0 Å². The standard InChI is InChI=1S/C12H22N4/c1-13-6-12-7-14-10-16(12)9-11-4-3-5-15(2)8-11/h7,10-11,13H,3-6,8-9H2,1-2H3. The summed E-state index contributed by atoms with van der Waals surface area (Å²) in [5, 5.41) is 3.19. The lowest BCUT2D eigenvalue weighted by atomic mass is 9.98. The van der Waals surface area contributed by atoms with Gasteiger partial charge in [0.25, 0.3) is 0 Å². The molecule has 1 aliphatic rings. The maximum absolute atomic E-state index is 4.23. The molecule has 0 bridgehead atoms. The van der Waals surface area contributed by atoms with Gasteiger partial charge in [-0.05, 0) is 39.4 Å². The molecular formula is C12H22N4. The van der Waals surface area contributed by atoms with Crippen LogP contribution in [0.3, 0.4) is 0 Å². The van der Waals surface area contributed by atoms with Gasteiger partial charge in [0.1, 0.15) is 0 Å². The normalized spacial score (nSPS) is 22.5. The fourth-order valence-corrected chi connectivity index (χ4v) is 2.54. The molecule has 1 aromatic heterocycles. The van der Waals surface area contributed by atoms with Crippen molar-refractivity contribution in [2.45, 2.75) is 25.9 Å². The molecule has 0 radical (unpaired) electrons. The van der Waals surface area contributed by atoms with Crippen LogP contribution in [0.25, 0.3) is 0 Å². The summed E-state index contributed by atoms with van der Waals surface area (Å²) in [7, 11) is 4.19. The van der Waals surface area contributed by atoms with Gasteiger partial charge in [0.2, 0.25) is 0 Å². The molecule has 1 N–H and O–H groups in total. The Morgan fingerprint density at radius 2 is 2.44 bits per heavy atom. The van der Waals surface area contributed by atoms with Crippen molar-refractivity contribution >= 4 is 0 Å². The van der Waals surface area contributed by atoms with Crippen LogP contribution >= 0.6 is 0 Å². The molecule has 0 saturated carbocycles. The number of imidazole rings is 1. The minimum atomic E-state index is 0.781. The lowest BCUT2D eigenvalue weighted by molar-refractivity contribution is 0.193. The first-order valence-corrected chi connectivity index (χ1v) is 6.11. The summed E-state index contributed by atoms with van der Waals surface area (Å²) in [6.45, 7) is 4.49. The summed E-state index contributed by atoms with van der Waals surface area (Å²) in [5.41, 5.74) is 1.29. The summed E-state index contributed by atoms with van der Waals surface area (Å²) in [6, 6.07) is 0. The van der Waals surface area contributed by atoms with Crippen molar-refractivity contribution in [1.82, 2.24) is 19.8 Å². The maximum Gasteiger partial charge on any atom is 0.0948 e. The monoisotopic (exact) mass is 222 g/mol. The Bertz CT molecular complexity index is 321. The Labute approximate surface area is 97.7 Å². The Morgan fingerprint density at radius 3 is 3.19 bits per heavy atom. The van der Waals surface area contributed by atoms with E-state index in [0.717, 1.165) is 19.0 Å². The first kappa shape index (κ1) is 11.6. The van der Waals surface area contributed by atoms with E-state index in [4.69, 9.17) is 0 Å². The second-order valence-electron chi connectivity index (χ2n) is 4.84. The Morgan fingerprint density at radius 1 is 1.56 bits per heavy atom. The maximum atomic E-state index is 4.23. The molecule has 4 heteroatoms. The van der Waals surface area contributed by atoms with Crippen LogP contribution in [0.5, 0.6) is 0 Å². The van der Waals surface area contributed by atoms with Gasteiger partial charge in [-0.15, -0.1) is 0 Å². The zero-order valence-corrected chi connectivity index (χ0v) is 10.3. The molecule has 1 atom stereocenters. The molecule has 0 spiro atoms. The zero-order chi connectivity index (χ0) is 11.4. The first-order chi connectivity index (χ1) is 7.79. The van der Waals surface area contributed by atoms with Crippen molar-refractivity contribution in [3.63, 3.8) is 0 Å². The van der Waals surface area contributed by atoms with Crippen LogP contribution in [-0.2, 0) is 13.1 Å². The second kappa shape index (κ2) is 5.46. The number of rotatable bonds is 4. The van der Waals surface area contributed by atoms with Gasteiger partial charge in [-0.3, -0.25) is 0 Å². The summed E-state index contributed by atoms with van der Waals surface area (Å²) < 4.78 is 2.29. The molecule has 1 fully saturated rings. The lowest BCUT2D eigenvalue weighted by Crippen LogP contribution is -2.34. The minimum absolute atomic E-state index is 0.781. The van der Waals surface area contributed by atoms with E-state index < -0.39 is 0 Å². The van der Waals surface area contributed by atoms with E-state index in [9.17, 15) is 0 Å². The lowest BCUT2D eigenvalue weighted by Gasteiger charge is -2.30. The van der Waals surface area contributed by atoms with Crippen molar-refractivity contribution < 1.29 is 0 Å². The Hall–Kier alpha value is -0.870. The van der Waals surface area contributed by atoms with Crippen molar-refractivity contribution in [1.29, 1.82) is 0 Å². The molecule has 90 valence electrons. The Balaban J connectivity index is 1.94. The first-order valence-electron chi connectivity index (χ1n) is 6.11. The van der Waals surface area contributed by atoms with Gasteiger partial charge >= 0.3 is 0 Å². The third-order valence-corrected chi connectivity index (χ3v) is 3.33. The number of likely N-dealkylation sites (tertiary alicyclic amines) is 1. The Kier molecular flexibility index (Phi) is 3.96. The molecule has 1 unspecified atom stereocenters. The predicted octanol–water partition coefficient (Wildman–Crippen LogP) is 0.944. The van der Waals surface area contributed by atoms with E-state index in [1.54, 1.807) is 0 Å². The van der Waals surface area contributed by atoms with Gasteiger partial charge in [-0.2, -0.15) is 0 Å². The second-order valence-corrected chi connectivity index (χ2v) is 4.84.